The van der Waals surface area contributed by atoms with Crippen molar-refractivity contribution in [3.63, 3.8) is 0 Å². The van der Waals surface area contributed by atoms with Gasteiger partial charge in [-0.25, -0.2) is 14.2 Å². The third kappa shape index (κ3) is 3.65. The number of anilines is 1. The highest BCUT2D eigenvalue weighted by Crippen LogP contribution is 2.40. The minimum Gasteiger partial charge on any atom is -0.381 e. The van der Waals surface area contributed by atoms with Gasteiger partial charge in [0.1, 0.15) is 10.6 Å². The number of hydrogen-bond acceptors (Lipinski definition) is 8. The van der Waals surface area contributed by atoms with Gasteiger partial charge in [0.05, 0.1) is 34.7 Å². The van der Waals surface area contributed by atoms with E-state index in [-0.39, 0.29) is 6.04 Å². The molecule has 2 saturated heterocycles. The van der Waals surface area contributed by atoms with E-state index in [2.05, 4.69) is 21.8 Å². The van der Waals surface area contributed by atoms with Gasteiger partial charge in [-0.05, 0) is 26.0 Å². The van der Waals surface area contributed by atoms with Crippen molar-refractivity contribution in [2.75, 3.05) is 50.4 Å². The van der Waals surface area contributed by atoms with E-state index in [1.807, 2.05) is 12.3 Å². The summed E-state index contributed by atoms with van der Waals surface area (Å²) >= 11 is 1.47. The van der Waals surface area contributed by atoms with Crippen LogP contribution < -0.4 is 4.90 Å². The van der Waals surface area contributed by atoms with Crippen molar-refractivity contribution in [2.45, 2.75) is 35.7 Å². The van der Waals surface area contributed by atoms with E-state index >= 15 is 0 Å². The van der Waals surface area contributed by atoms with Crippen LogP contribution >= 0.6 is 11.8 Å². The van der Waals surface area contributed by atoms with Gasteiger partial charge in [-0.15, -0.1) is 0 Å². The third-order valence-corrected chi connectivity index (χ3v) is 7.71. The number of morpholine rings is 1. The molecule has 140 valence electrons. The summed E-state index contributed by atoms with van der Waals surface area (Å²) in [5.74, 6) is 0.833. The van der Waals surface area contributed by atoms with Gasteiger partial charge >= 0.3 is 0 Å². The lowest BCUT2D eigenvalue weighted by atomic mass is 9.94. The molecule has 25 heavy (non-hydrogen) atoms. The van der Waals surface area contributed by atoms with Gasteiger partial charge in [0, 0.05) is 32.1 Å². The Balaban J connectivity index is 2.10. The van der Waals surface area contributed by atoms with Gasteiger partial charge in [0.25, 0.3) is 0 Å². The second-order valence-corrected chi connectivity index (χ2v) is 9.91. The molecule has 2 fully saturated rings. The molecular formula is C16H26N4O3S2. The van der Waals surface area contributed by atoms with Crippen LogP contribution in [0.4, 0.5) is 5.82 Å². The maximum absolute atomic E-state index is 12.9. The van der Waals surface area contributed by atoms with Crippen LogP contribution in [-0.2, 0) is 23.9 Å². The van der Waals surface area contributed by atoms with Crippen molar-refractivity contribution in [3.8, 4) is 0 Å². The summed E-state index contributed by atoms with van der Waals surface area (Å²) < 4.78 is 31.5. The Kier molecular flexibility index (Phi) is 5.57. The summed E-state index contributed by atoms with van der Waals surface area (Å²) in [5.41, 5.74) is 0.714. The fourth-order valence-electron chi connectivity index (χ4n) is 3.50. The Morgan fingerprint density at radius 1 is 1.32 bits per heavy atom. The van der Waals surface area contributed by atoms with Crippen LogP contribution in [-0.4, -0.2) is 65.7 Å². The predicted octanol–water partition coefficient (Wildman–Crippen LogP) is 2.11. The van der Waals surface area contributed by atoms with Crippen molar-refractivity contribution in [2.24, 2.45) is 0 Å². The molecule has 0 aromatic carbocycles. The van der Waals surface area contributed by atoms with Crippen LogP contribution in [0.1, 0.15) is 25.5 Å². The van der Waals surface area contributed by atoms with Crippen molar-refractivity contribution in [1.29, 1.82) is 4.78 Å². The maximum atomic E-state index is 12.9. The highest BCUT2D eigenvalue weighted by molar-refractivity contribution is 7.98. The number of nitrogens with zero attached hydrogens (tertiary/aromatic N) is 3. The van der Waals surface area contributed by atoms with E-state index in [0.29, 0.717) is 50.1 Å². The highest BCUT2D eigenvalue weighted by Gasteiger charge is 2.43. The highest BCUT2D eigenvalue weighted by atomic mass is 32.2. The molecule has 3 rings (SSSR count). The van der Waals surface area contributed by atoms with E-state index in [1.165, 1.54) is 18.0 Å². The average molecular weight is 387 g/mol. The molecule has 0 aliphatic carbocycles. The predicted molar refractivity (Wildman–Crippen MR) is 100.0 cm³/mol. The zero-order valence-electron chi connectivity index (χ0n) is 15.0. The second kappa shape index (κ2) is 7.38. The van der Waals surface area contributed by atoms with Crippen molar-refractivity contribution < 1.29 is 13.7 Å². The topological polar surface area (TPSA) is 88.4 Å². The molecule has 9 heteroatoms. The average Bonchev–Trinajstić information content (AvgIpc) is 2.61. The molecule has 2 aliphatic heterocycles. The van der Waals surface area contributed by atoms with Crippen LogP contribution in [0.2, 0.25) is 0 Å². The number of nitrogens with one attached hydrogen (secondary N) is 1. The van der Waals surface area contributed by atoms with Gasteiger partial charge < -0.3 is 14.4 Å². The summed E-state index contributed by atoms with van der Waals surface area (Å²) in [6.07, 6.45) is 4.56. The lowest BCUT2D eigenvalue weighted by molar-refractivity contribution is 0.0738. The molecular weight excluding hydrogens is 360 g/mol. The van der Waals surface area contributed by atoms with E-state index in [1.54, 1.807) is 0 Å². The van der Waals surface area contributed by atoms with Gasteiger partial charge in [-0.1, -0.05) is 11.8 Å². The monoisotopic (exact) mass is 386 g/mol. The number of hydrogen-bond donors (Lipinski definition) is 1. The molecule has 1 aromatic rings. The lowest BCUT2D eigenvalue weighted by Crippen LogP contribution is -2.45. The third-order valence-electron chi connectivity index (χ3n) is 5.05. The first-order chi connectivity index (χ1) is 11.9. The summed E-state index contributed by atoms with van der Waals surface area (Å²) in [5, 5.41) is 0.653. The van der Waals surface area contributed by atoms with Crippen LogP contribution in [0.5, 0.6) is 0 Å². The molecule has 1 N–H and O–H groups in total. The van der Waals surface area contributed by atoms with E-state index in [0.717, 1.165) is 12.4 Å². The van der Waals surface area contributed by atoms with Crippen LogP contribution in [0.15, 0.2) is 11.2 Å². The molecule has 0 spiro atoms. The molecule has 1 aromatic heterocycles. The van der Waals surface area contributed by atoms with Gasteiger partial charge in [-0.2, -0.15) is 0 Å². The van der Waals surface area contributed by atoms with E-state index in [4.69, 9.17) is 14.3 Å². The first kappa shape index (κ1) is 18.9. The van der Waals surface area contributed by atoms with Crippen LogP contribution in [0.25, 0.3) is 0 Å². The zero-order chi connectivity index (χ0) is 18.1. The Morgan fingerprint density at radius 3 is 2.64 bits per heavy atom. The first-order valence-corrected chi connectivity index (χ1v) is 11.7. The second-order valence-electron chi connectivity index (χ2n) is 6.67. The largest absolute Gasteiger partial charge is 0.381 e. The molecule has 0 bridgehead atoms. The van der Waals surface area contributed by atoms with Crippen LogP contribution in [0.3, 0.4) is 0 Å². The zero-order valence-corrected chi connectivity index (χ0v) is 16.6. The number of aromatic nitrogens is 2. The fraction of sp³-hybridized carbons (Fsp3) is 0.750. The lowest BCUT2D eigenvalue weighted by Gasteiger charge is -2.38. The van der Waals surface area contributed by atoms with Crippen molar-refractivity contribution >= 4 is 27.3 Å². The molecule has 0 radical (unpaired) electrons. The molecule has 2 aliphatic rings. The minimum atomic E-state index is -2.85. The Bertz CT molecular complexity index is 720. The quantitative estimate of drug-likeness (QED) is 0.626. The van der Waals surface area contributed by atoms with Crippen molar-refractivity contribution in [1.82, 2.24) is 9.97 Å². The van der Waals surface area contributed by atoms with E-state index in [9.17, 15) is 4.21 Å². The Hall–Kier alpha value is -0.900. The number of thioether (sulfide) groups is 1. The standard InChI is InChI=1S/C16H26N4O3S2/c1-12-11-23-9-6-20(12)14-10-13(18-15(19-14)24-2)16(25(3,17)21)4-7-22-8-5-16/h10,12,17H,4-9,11H2,1-3H3/t12-,25?/m1/s1. The molecule has 2 atom stereocenters. The normalized spacial score (nSPS) is 26.2. The van der Waals surface area contributed by atoms with Gasteiger partial charge in [0.15, 0.2) is 5.16 Å². The Labute approximate surface area is 153 Å². The Morgan fingerprint density at radius 2 is 2.04 bits per heavy atom. The van der Waals surface area contributed by atoms with Crippen molar-refractivity contribution in [3.05, 3.63) is 11.8 Å². The molecule has 0 saturated carbocycles. The minimum absolute atomic E-state index is 0.221. The number of rotatable bonds is 4. The number of ether oxygens (including phenoxy) is 2. The SMILES string of the molecule is CSc1nc(N2CCOC[C@H]2C)cc(C2(S(C)(=N)=O)CCOCC2)n1. The van der Waals surface area contributed by atoms with Gasteiger partial charge in [0.2, 0.25) is 0 Å². The summed E-state index contributed by atoms with van der Waals surface area (Å²) in [4.78, 5) is 11.6. The smallest absolute Gasteiger partial charge is 0.189 e. The molecule has 0 amide bonds. The fourth-order valence-corrected chi connectivity index (χ4v) is 5.32. The summed E-state index contributed by atoms with van der Waals surface area (Å²) in [6, 6.07) is 2.16. The molecule has 3 heterocycles. The summed E-state index contributed by atoms with van der Waals surface area (Å²) in [6.45, 7) is 5.22. The van der Waals surface area contributed by atoms with E-state index < -0.39 is 14.5 Å². The first-order valence-electron chi connectivity index (χ1n) is 8.46. The van der Waals surface area contributed by atoms with Gasteiger partial charge in [-0.3, -0.25) is 4.78 Å². The molecule has 1 unspecified atom stereocenters. The molecule has 7 nitrogen and oxygen atoms in total. The maximum Gasteiger partial charge on any atom is 0.189 e. The summed E-state index contributed by atoms with van der Waals surface area (Å²) in [7, 11) is -2.85. The van der Waals surface area contributed by atoms with Crippen LogP contribution in [0, 0.1) is 4.78 Å².